The Morgan fingerprint density at radius 2 is 2.27 bits per heavy atom. The third kappa shape index (κ3) is 1.01. The van der Waals surface area contributed by atoms with Crippen molar-refractivity contribution in [3.8, 4) is 0 Å². The minimum Gasteiger partial charge on any atom is -0.414 e. The summed E-state index contributed by atoms with van der Waals surface area (Å²) in [6, 6.07) is 4.85. The first-order valence-electron chi connectivity index (χ1n) is 3.01. The van der Waals surface area contributed by atoms with Crippen LogP contribution in [-0.4, -0.2) is 0 Å². The highest BCUT2D eigenvalue weighted by molar-refractivity contribution is 7.16. The van der Waals surface area contributed by atoms with Gasteiger partial charge in [0.1, 0.15) is 5.58 Å². The predicted octanol–water partition coefficient (Wildman–Crippen LogP) is 1.77. The lowest BCUT2D eigenvalue weighted by atomic mass is 10.3. The lowest BCUT2D eigenvalue weighted by Gasteiger charge is -1.86. The predicted molar refractivity (Wildman–Crippen MR) is 43.1 cm³/mol. The fourth-order valence-corrected chi connectivity index (χ4v) is 1.58. The first-order chi connectivity index (χ1) is 5.25. The molecule has 0 aliphatic rings. The molecule has 11 heavy (non-hydrogen) atoms. The van der Waals surface area contributed by atoms with E-state index in [1.165, 1.54) is 0 Å². The maximum atomic E-state index is 10.7. The van der Waals surface area contributed by atoms with E-state index in [1.54, 1.807) is 18.2 Å². The van der Waals surface area contributed by atoms with Crippen molar-refractivity contribution < 1.29 is 4.42 Å². The molecule has 0 atom stereocenters. The summed E-state index contributed by atoms with van der Waals surface area (Å²) in [5, 5.41) is 0. The molecule has 1 N–H and O–H groups in total. The Hall–Kier alpha value is -1.29. The van der Waals surface area contributed by atoms with Crippen molar-refractivity contribution >= 4 is 27.3 Å². The first kappa shape index (κ1) is 6.42. The van der Waals surface area contributed by atoms with Gasteiger partial charge in [-0.15, -0.1) is 0 Å². The lowest BCUT2D eigenvalue weighted by Crippen LogP contribution is -1.79. The van der Waals surface area contributed by atoms with Crippen LogP contribution in [0.5, 0.6) is 0 Å². The van der Waals surface area contributed by atoms with Crippen LogP contribution in [0.2, 0.25) is 0 Å². The third-order valence-electron chi connectivity index (χ3n) is 1.33. The molecule has 4 heteroatoms. The van der Waals surface area contributed by atoms with Gasteiger partial charge in [-0.1, -0.05) is 11.3 Å². The topological polar surface area (TPSA) is 54.0 Å². The molecule has 3 nitrogen and oxygen atoms in total. The highest BCUT2D eigenvalue weighted by Gasteiger charge is 2.00. The monoisotopic (exact) mass is 166 g/mol. The normalized spacial score (nSPS) is 10.5. The molecule has 1 aromatic carbocycles. The highest BCUT2D eigenvalue weighted by atomic mass is 32.1. The van der Waals surface area contributed by atoms with Gasteiger partial charge in [-0.2, -0.15) is 0 Å². The average molecular weight is 166 g/mol. The molecular weight excluding hydrogens is 162 g/mol. The van der Waals surface area contributed by atoms with Crippen molar-refractivity contribution in [2.24, 2.45) is 0 Å². The maximum Gasteiger partial charge on any atom is 0.396 e. The average Bonchev–Trinajstić information content (AvgIpc) is 2.27. The Bertz CT molecular complexity index is 443. The Morgan fingerprint density at radius 1 is 1.45 bits per heavy atom. The molecule has 0 saturated heterocycles. The van der Waals surface area contributed by atoms with Crippen LogP contribution < -0.4 is 10.7 Å². The summed E-state index contributed by atoms with van der Waals surface area (Å²) >= 11 is 1.02. The molecule has 0 bridgehead atoms. The molecule has 0 aliphatic carbocycles. The van der Waals surface area contributed by atoms with Crippen molar-refractivity contribution in [1.82, 2.24) is 5.73 Å². The quantitative estimate of drug-likeness (QED) is 0.598. The van der Waals surface area contributed by atoms with Gasteiger partial charge >= 0.3 is 4.94 Å². The molecule has 0 amide bonds. The summed E-state index contributed by atoms with van der Waals surface area (Å²) in [5.41, 5.74) is 8.21. The van der Waals surface area contributed by atoms with Crippen LogP contribution in [0.4, 0.5) is 5.69 Å². The van der Waals surface area contributed by atoms with Crippen molar-refractivity contribution in [2.75, 3.05) is 0 Å². The van der Waals surface area contributed by atoms with E-state index in [9.17, 15) is 4.79 Å². The highest BCUT2D eigenvalue weighted by Crippen LogP contribution is 2.19. The molecule has 1 aromatic heterocycles. The molecule has 0 spiro atoms. The van der Waals surface area contributed by atoms with Gasteiger partial charge in [-0.05, 0) is 18.2 Å². The number of nitrogens with one attached hydrogen (secondary N) is 1. The van der Waals surface area contributed by atoms with Gasteiger partial charge in [0.15, 0.2) is 0 Å². The molecular formula is C7H4NO2S. The summed E-state index contributed by atoms with van der Waals surface area (Å²) < 4.78 is 5.54. The summed E-state index contributed by atoms with van der Waals surface area (Å²) in [7, 11) is 0. The standard InChI is InChI=1S/C7H4NO2S/c8-4-1-2-5-6(3-4)11-7(9)10-5/h1-3,8H. The molecule has 2 aromatic rings. The Morgan fingerprint density at radius 3 is 3.09 bits per heavy atom. The van der Waals surface area contributed by atoms with E-state index in [-0.39, 0.29) is 4.94 Å². The van der Waals surface area contributed by atoms with E-state index in [0.29, 0.717) is 11.3 Å². The van der Waals surface area contributed by atoms with E-state index in [0.717, 1.165) is 16.0 Å². The smallest absolute Gasteiger partial charge is 0.396 e. The molecule has 0 saturated carbocycles. The van der Waals surface area contributed by atoms with E-state index in [1.807, 2.05) is 0 Å². The van der Waals surface area contributed by atoms with Gasteiger partial charge in [0, 0.05) is 0 Å². The van der Waals surface area contributed by atoms with Gasteiger partial charge in [0.05, 0.1) is 10.4 Å². The Labute approximate surface area is 66.1 Å². The van der Waals surface area contributed by atoms with Crippen LogP contribution in [-0.2, 0) is 0 Å². The Kier molecular flexibility index (Phi) is 1.22. The Balaban J connectivity index is 2.92. The van der Waals surface area contributed by atoms with Crippen molar-refractivity contribution in [1.29, 1.82) is 0 Å². The summed E-state index contributed by atoms with van der Waals surface area (Å²) in [6.07, 6.45) is 0. The number of hydrogen-bond donors (Lipinski definition) is 0. The summed E-state index contributed by atoms with van der Waals surface area (Å²) in [4.78, 5) is 10.4. The molecule has 0 aliphatic heterocycles. The SMILES string of the molecule is [NH]c1ccc2oc(=O)sc2c1. The number of rotatable bonds is 0. The van der Waals surface area contributed by atoms with E-state index in [2.05, 4.69) is 0 Å². The minimum absolute atomic E-state index is 0.314. The van der Waals surface area contributed by atoms with Crippen LogP contribution in [0.3, 0.4) is 0 Å². The van der Waals surface area contributed by atoms with Crippen LogP contribution in [0.25, 0.3) is 10.3 Å². The van der Waals surface area contributed by atoms with E-state index >= 15 is 0 Å². The van der Waals surface area contributed by atoms with Crippen molar-refractivity contribution in [3.63, 3.8) is 0 Å². The van der Waals surface area contributed by atoms with Gasteiger partial charge < -0.3 is 10.2 Å². The fourth-order valence-electron chi connectivity index (χ4n) is 0.873. The van der Waals surface area contributed by atoms with Crippen LogP contribution in [0.1, 0.15) is 0 Å². The second kappa shape index (κ2) is 2.10. The lowest BCUT2D eigenvalue weighted by molar-refractivity contribution is 0.585. The number of fused-ring (bicyclic) bond motifs is 1. The van der Waals surface area contributed by atoms with Gasteiger partial charge in [0.2, 0.25) is 0 Å². The van der Waals surface area contributed by atoms with Crippen molar-refractivity contribution in [3.05, 3.63) is 27.9 Å². The molecule has 1 heterocycles. The second-order valence-corrected chi connectivity index (χ2v) is 3.09. The van der Waals surface area contributed by atoms with Crippen LogP contribution >= 0.6 is 11.3 Å². The molecule has 2 rings (SSSR count). The second-order valence-electron chi connectivity index (χ2n) is 2.12. The van der Waals surface area contributed by atoms with Gasteiger partial charge in [-0.25, -0.2) is 4.79 Å². The maximum absolute atomic E-state index is 10.7. The van der Waals surface area contributed by atoms with E-state index in [4.69, 9.17) is 10.2 Å². The minimum atomic E-state index is -0.314. The zero-order chi connectivity index (χ0) is 7.84. The molecule has 55 valence electrons. The van der Waals surface area contributed by atoms with Crippen LogP contribution in [0, 0.1) is 0 Å². The zero-order valence-corrected chi connectivity index (χ0v) is 6.27. The third-order valence-corrected chi connectivity index (χ3v) is 2.12. The van der Waals surface area contributed by atoms with E-state index < -0.39 is 0 Å². The molecule has 0 unspecified atom stereocenters. The zero-order valence-electron chi connectivity index (χ0n) is 5.46. The molecule has 1 radical (unpaired) electrons. The fraction of sp³-hybridized carbons (Fsp3) is 0. The van der Waals surface area contributed by atoms with Gasteiger partial charge in [0.25, 0.3) is 0 Å². The number of benzene rings is 1. The van der Waals surface area contributed by atoms with Gasteiger partial charge in [-0.3, -0.25) is 0 Å². The number of hydrogen-bond acceptors (Lipinski definition) is 3. The molecule has 0 fully saturated rings. The van der Waals surface area contributed by atoms with Crippen LogP contribution in [0.15, 0.2) is 27.4 Å². The largest absolute Gasteiger partial charge is 0.414 e. The van der Waals surface area contributed by atoms with Crippen molar-refractivity contribution in [2.45, 2.75) is 0 Å². The summed E-state index contributed by atoms with van der Waals surface area (Å²) in [5.74, 6) is 0. The first-order valence-corrected chi connectivity index (χ1v) is 3.83. The summed E-state index contributed by atoms with van der Waals surface area (Å²) in [6.45, 7) is 0.